The summed E-state index contributed by atoms with van der Waals surface area (Å²) in [4.78, 5) is 15.8. The summed E-state index contributed by atoms with van der Waals surface area (Å²) in [7, 11) is 1.81. The number of ether oxygens (including phenoxy) is 1. The number of nitrogens with one attached hydrogen (secondary N) is 2. The molecule has 98 valence electrons. The van der Waals surface area contributed by atoms with Crippen molar-refractivity contribution in [3.63, 3.8) is 0 Å². The van der Waals surface area contributed by atoms with E-state index in [-0.39, 0.29) is 5.91 Å². The highest BCUT2D eigenvalue weighted by atomic mass is 16.5. The minimum Gasteiger partial charge on any atom is -0.388 e. The van der Waals surface area contributed by atoms with E-state index in [2.05, 4.69) is 15.6 Å². The monoisotopic (exact) mass is 249 g/mol. The number of carbonyl (C=O) groups is 1. The van der Waals surface area contributed by atoms with Crippen LogP contribution in [0.3, 0.4) is 0 Å². The average Bonchev–Trinajstić information content (AvgIpc) is 3.22. The van der Waals surface area contributed by atoms with Crippen LogP contribution in [0.5, 0.6) is 0 Å². The zero-order valence-corrected chi connectivity index (χ0v) is 10.6. The lowest BCUT2D eigenvalue weighted by Gasteiger charge is -2.06. The Balaban J connectivity index is 1.69. The molecule has 2 N–H and O–H groups in total. The second-order valence-electron chi connectivity index (χ2n) is 4.45. The second-order valence-corrected chi connectivity index (χ2v) is 4.45. The number of hydrogen-bond acceptors (Lipinski definition) is 4. The van der Waals surface area contributed by atoms with Crippen LogP contribution in [0.4, 0.5) is 5.69 Å². The first kappa shape index (κ1) is 12.8. The van der Waals surface area contributed by atoms with E-state index in [0.717, 1.165) is 18.2 Å². The normalized spacial score (nSPS) is 14.3. The molecule has 5 nitrogen and oxygen atoms in total. The lowest BCUT2D eigenvalue weighted by Crippen LogP contribution is -2.28. The van der Waals surface area contributed by atoms with Crippen LogP contribution >= 0.6 is 0 Å². The van der Waals surface area contributed by atoms with E-state index in [1.54, 1.807) is 12.3 Å². The highest BCUT2D eigenvalue weighted by Gasteiger charge is 2.20. The molecule has 0 unspecified atom stereocenters. The Morgan fingerprint density at radius 1 is 1.56 bits per heavy atom. The number of anilines is 1. The van der Waals surface area contributed by atoms with E-state index in [1.807, 2.05) is 13.1 Å². The summed E-state index contributed by atoms with van der Waals surface area (Å²) in [6, 6.07) is 3.54. The Kier molecular flexibility index (Phi) is 4.52. The number of hydrogen-bond donors (Lipinski definition) is 2. The third-order valence-corrected chi connectivity index (χ3v) is 2.86. The molecule has 1 aromatic heterocycles. The van der Waals surface area contributed by atoms with Crippen LogP contribution in [0.25, 0.3) is 0 Å². The van der Waals surface area contributed by atoms with Crippen LogP contribution < -0.4 is 10.6 Å². The van der Waals surface area contributed by atoms with Crippen LogP contribution in [0.1, 0.15) is 23.3 Å². The third kappa shape index (κ3) is 4.00. The molecule has 1 aliphatic rings. The van der Waals surface area contributed by atoms with Crippen LogP contribution in [-0.2, 0) is 4.74 Å². The van der Waals surface area contributed by atoms with E-state index in [4.69, 9.17) is 4.74 Å². The summed E-state index contributed by atoms with van der Waals surface area (Å²) in [5.41, 5.74) is 1.30. The molecule has 0 atom stereocenters. The fourth-order valence-electron chi connectivity index (χ4n) is 1.57. The van der Waals surface area contributed by atoms with Gasteiger partial charge in [-0.15, -0.1) is 0 Å². The van der Waals surface area contributed by atoms with Gasteiger partial charge in [-0.05, 0) is 30.9 Å². The van der Waals surface area contributed by atoms with Crippen molar-refractivity contribution < 1.29 is 9.53 Å². The number of amides is 1. The van der Waals surface area contributed by atoms with E-state index in [0.29, 0.717) is 18.8 Å². The van der Waals surface area contributed by atoms with Crippen LogP contribution in [0.15, 0.2) is 18.3 Å². The first-order valence-corrected chi connectivity index (χ1v) is 6.29. The Hall–Kier alpha value is -1.62. The minimum atomic E-state index is -0.165. The van der Waals surface area contributed by atoms with E-state index in [9.17, 15) is 4.79 Å². The average molecular weight is 249 g/mol. The van der Waals surface area contributed by atoms with E-state index in [1.165, 1.54) is 12.8 Å². The van der Waals surface area contributed by atoms with E-state index < -0.39 is 0 Å². The zero-order valence-electron chi connectivity index (χ0n) is 10.6. The second kappa shape index (κ2) is 6.35. The molecule has 0 aromatic carbocycles. The SMILES string of the molecule is CNc1ccnc(C(=O)NCCOCC2CC2)c1. The smallest absolute Gasteiger partial charge is 0.270 e. The molecule has 1 aromatic rings. The fraction of sp³-hybridized carbons (Fsp3) is 0.538. The molecule has 1 amide bonds. The number of rotatable bonds is 7. The number of nitrogens with zero attached hydrogens (tertiary/aromatic N) is 1. The van der Waals surface area contributed by atoms with Gasteiger partial charge in [-0.25, -0.2) is 0 Å². The Bertz CT molecular complexity index is 405. The largest absolute Gasteiger partial charge is 0.388 e. The molecule has 1 heterocycles. The molecule has 0 bridgehead atoms. The molecule has 1 aliphatic carbocycles. The Morgan fingerprint density at radius 3 is 3.11 bits per heavy atom. The van der Waals surface area contributed by atoms with Gasteiger partial charge in [-0.3, -0.25) is 9.78 Å². The predicted octanol–water partition coefficient (Wildman–Crippen LogP) is 1.28. The zero-order chi connectivity index (χ0) is 12.8. The molecule has 5 heteroatoms. The van der Waals surface area contributed by atoms with Crippen LogP contribution in [-0.4, -0.2) is 37.7 Å². The summed E-state index contributed by atoms with van der Waals surface area (Å²) in [6.07, 6.45) is 4.19. The molecule has 0 spiro atoms. The summed E-state index contributed by atoms with van der Waals surface area (Å²) in [6.45, 7) is 1.91. The van der Waals surface area contributed by atoms with Gasteiger partial charge in [-0.2, -0.15) is 0 Å². The summed E-state index contributed by atoms with van der Waals surface area (Å²) < 4.78 is 5.44. The lowest BCUT2D eigenvalue weighted by atomic mass is 10.3. The first-order chi connectivity index (χ1) is 8.79. The number of aromatic nitrogens is 1. The molecule has 0 aliphatic heterocycles. The maximum Gasteiger partial charge on any atom is 0.270 e. The standard InChI is InChI=1S/C13H19N3O2/c1-14-11-4-5-15-12(8-11)13(17)16-6-7-18-9-10-2-3-10/h4-5,8,10H,2-3,6-7,9H2,1H3,(H,14,15)(H,16,17). The van der Waals surface area contributed by atoms with Crippen molar-refractivity contribution >= 4 is 11.6 Å². The Morgan fingerprint density at radius 2 is 2.39 bits per heavy atom. The van der Waals surface area contributed by atoms with Gasteiger partial charge in [0.25, 0.3) is 5.91 Å². The summed E-state index contributed by atoms with van der Waals surface area (Å²) in [5.74, 6) is 0.594. The maximum absolute atomic E-state index is 11.8. The molecule has 0 radical (unpaired) electrons. The van der Waals surface area contributed by atoms with Crippen molar-refractivity contribution in [3.8, 4) is 0 Å². The van der Waals surface area contributed by atoms with Gasteiger partial charge in [0.1, 0.15) is 5.69 Å². The van der Waals surface area contributed by atoms with Crippen molar-refractivity contribution in [1.82, 2.24) is 10.3 Å². The number of pyridine rings is 1. The van der Waals surface area contributed by atoms with E-state index >= 15 is 0 Å². The lowest BCUT2D eigenvalue weighted by molar-refractivity contribution is 0.0902. The predicted molar refractivity (Wildman–Crippen MR) is 69.7 cm³/mol. The van der Waals surface area contributed by atoms with Crippen molar-refractivity contribution in [1.29, 1.82) is 0 Å². The maximum atomic E-state index is 11.8. The van der Waals surface area contributed by atoms with Crippen molar-refractivity contribution in [2.45, 2.75) is 12.8 Å². The number of carbonyl (C=O) groups excluding carboxylic acids is 1. The highest BCUT2D eigenvalue weighted by Crippen LogP contribution is 2.28. The summed E-state index contributed by atoms with van der Waals surface area (Å²) >= 11 is 0. The molecule has 18 heavy (non-hydrogen) atoms. The van der Waals surface area contributed by atoms with Gasteiger partial charge in [0.15, 0.2) is 0 Å². The van der Waals surface area contributed by atoms with Crippen LogP contribution in [0, 0.1) is 5.92 Å². The van der Waals surface area contributed by atoms with Gasteiger partial charge < -0.3 is 15.4 Å². The van der Waals surface area contributed by atoms with Crippen molar-refractivity contribution in [2.75, 3.05) is 32.1 Å². The van der Waals surface area contributed by atoms with Crippen molar-refractivity contribution in [3.05, 3.63) is 24.0 Å². The molecule has 1 saturated carbocycles. The molecular formula is C13H19N3O2. The first-order valence-electron chi connectivity index (χ1n) is 6.29. The quantitative estimate of drug-likeness (QED) is 0.715. The van der Waals surface area contributed by atoms with Gasteiger partial charge in [0.2, 0.25) is 0 Å². The fourth-order valence-corrected chi connectivity index (χ4v) is 1.57. The Labute approximate surface area is 107 Å². The molecule has 0 saturated heterocycles. The minimum absolute atomic E-state index is 0.165. The van der Waals surface area contributed by atoms with Gasteiger partial charge in [0.05, 0.1) is 6.61 Å². The topological polar surface area (TPSA) is 63.2 Å². The molecule has 1 fully saturated rings. The third-order valence-electron chi connectivity index (χ3n) is 2.86. The summed E-state index contributed by atoms with van der Waals surface area (Å²) in [5, 5.41) is 5.76. The van der Waals surface area contributed by atoms with Crippen LogP contribution in [0.2, 0.25) is 0 Å². The van der Waals surface area contributed by atoms with Gasteiger partial charge in [0, 0.05) is 32.1 Å². The molecule has 2 rings (SSSR count). The van der Waals surface area contributed by atoms with Gasteiger partial charge in [-0.1, -0.05) is 0 Å². The van der Waals surface area contributed by atoms with Crippen molar-refractivity contribution in [2.24, 2.45) is 5.92 Å². The van der Waals surface area contributed by atoms with Gasteiger partial charge >= 0.3 is 0 Å². The highest BCUT2D eigenvalue weighted by molar-refractivity contribution is 5.93. The molecular weight excluding hydrogens is 230 g/mol.